The van der Waals surface area contributed by atoms with Gasteiger partial charge in [0, 0.05) is 0 Å². The second kappa shape index (κ2) is 4.95. The molecule has 0 bridgehead atoms. The molecule has 0 aromatic carbocycles. The highest BCUT2D eigenvalue weighted by Gasteiger charge is 2.42. The number of thioether (sulfide) groups is 1. The van der Waals surface area contributed by atoms with Gasteiger partial charge in [-0.2, -0.15) is 24.4 Å². The largest absolute Gasteiger partial charge is 0.181 e. The number of hydrogen-bond donors (Lipinski definition) is 1. The molecule has 4 unspecified atom stereocenters. The van der Waals surface area contributed by atoms with Crippen molar-refractivity contribution in [3.05, 3.63) is 0 Å². The summed E-state index contributed by atoms with van der Waals surface area (Å²) in [4.78, 5) is 0. The third-order valence-corrected chi connectivity index (χ3v) is 6.31. The van der Waals surface area contributed by atoms with E-state index in [-0.39, 0.29) is 0 Å². The summed E-state index contributed by atoms with van der Waals surface area (Å²) in [5, 5.41) is 0. The average Bonchev–Trinajstić information content (AvgIpc) is 2.40. The second-order valence-electron chi connectivity index (χ2n) is 5.55. The van der Waals surface area contributed by atoms with E-state index < -0.39 is 0 Å². The van der Waals surface area contributed by atoms with Crippen LogP contribution < -0.4 is 0 Å². The van der Waals surface area contributed by atoms with E-state index >= 15 is 0 Å². The summed E-state index contributed by atoms with van der Waals surface area (Å²) >= 11 is 7.14. The van der Waals surface area contributed by atoms with Crippen LogP contribution in [0.4, 0.5) is 0 Å². The van der Waals surface area contributed by atoms with Gasteiger partial charge in [0.1, 0.15) is 7.85 Å². The zero-order valence-electron chi connectivity index (χ0n) is 10.0. The van der Waals surface area contributed by atoms with E-state index in [4.69, 9.17) is 12.6 Å². The first-order chi connectivity index (χ1) is 7.15. The van der Waals surface area contributed by atoms with Crippen LogP contribution in [-0.2, 0) is 0 Å². The maximum Gasteiger partial charge on any atom is 0.122 e. The predicted molar refractivity (Wildman–Crippen MR) is 76.8 cm³/mol. The molecule has 0 N–H and O–H groups in total. The molecule has 15 heavy (non-hydrogen) atoms. The van der Waals surface area contributed by atoms with Crippen LogP contribution in [0.3, 0.4) is 0 Å². The van der Waals surface area contributed by atoms with Crippen LogP contribution in [0.2, 0.25) is 0 Å². The van der Waals surface area contributed by atoms with Crippen LogP contribution in [0.5, 0.6) is 0 Å². The van der Waals surface area contributed by atoms with Crippen molar-refractivity contribution >= 4 is 32.2 Å². The van der Waals surface area contributed by atoms with Gasteiger partial charge in [0.25, 0.3) is 0 Å². The van der Waals surface area contributed by atoms with Gasteiger partial charge in [0.15, 0.2) is 0 Å². The van der Waals surface area contributed by atoms with Crippen molar-refractivity contribution in [3.8, 4) is 0 Å². The molecule has 0 aromatic heterocycles. The van der Waals surface area contributed by atoms with Gasteiger partial charge in [-0.3, -0.25) is 0 Å². The van der Waals surface area contributed by atoms with Crippen LogP contribution in [0.25, 0.3) is 0 Å². The minimum Gasteiger partial charge on any atom is -0.181 e. The highest BCUT2D eigenvalue weighted by Crippen LogP contribution is 2.48. The molecule has 1 aliphatic carbocycles. The van der Waals surface area contributed by atoms with Crippen LogP contribution in [0, 0.1) is 17.8 Å². The summed E-state index contributed by atoms with van der Waals surface area (Å²) in [6.45, 7) is 2.37. The minimum atomic E-state index is 0.321. The molecule has 1 heterocycles. The molecule has 1 aliphatic heterocycles. The molecular weight excluding hydrogens is 219 g/mol. The first kappa shape index (κ1) is 12.2. The molecule has 2 rings (SSSR count). The van der Waals surface area contributed by atoms with Gasteiger partial charge in [0.05, 0.1) is 0 Å². The maximum atomic E-state index is 4.96. The van der Waals surface area contributed by atoms with Crippen LogP contribution in [-0.4, -0.2) is 24.0 Å². The van der Waals surface area contributed by atoms with Crippen LogP contribution >= 0.6 is 24.4 Å². The lowest BCUT2D eigenvalue weighted by Gasteiger charge is -2.45. The molecule has 86 valence electrons. The molecule has 2 fully saturated rings. The van der Waals surface area contributed by atoms with E-state index in [1.807, 2.05) is 0 Å². The Kier molecular flexibility index (Phi) is 4.04. The lowest BCUT2D eigenvalue weighted by molar-refractivity contribution is 0.163. The SMILES string of the molecule is BC1(S)CCCC2C(CC)CSCCC21. The monoisotopic (exact) mass is 242 g/mol. The fourth-order valence-electron chi connectivity index (χ4n) is 3.62. The van der Waals surface area contributed by atoms with Gasteiger partial charge in [-0.15, -0.1) is 0 Å². The summed E-state index contributed by atoms with van der Waals surface area (Å²) in [5.74, 6) is 5.60. The Hall–Kier alpha value is 0.765. The molecule has 0 aromatic rings. The highest BCUT2D eigenvalue weighted by molar-refractivity contribution is 7.99. The summed E-state index contributed by atoms with van der Waals surface area (Å²) in [7, 11) is 2.38. The molecule has 1 saturated heterocycles. The molecule has 0 nitrogen and oxygen atoms in total. The van der Waals surface area contributed by atoms with Crippen molar-refractivity contribution in [1.29, 1.82) is 0 Å². The fourth-order valence-corrected chi connectivity index (χ4v) is 5.47. The Morgan fingerprint density at radius 1 is 1.47 bits per heavy atom. The average molecular weight is 242 g/mol. The van der Waals surface area contributed by atoms with Crippen molar-refractivity contribution in [2.45, 2.75) is 43.7 Å². The van der Waals surface area contributed by atoms with Crippen molar-refractivity contribution < 1.29 is 0 Å². The minimum absolute atomic E-state index is 0.321. The molecule has 0 spiro atoms. The Labute approximate surface area is 105 Å². The van der Waals surface area contributed by atoms with Gasteiger partial charge >= 0.3 is 0 Å². The third-order valence-electron chi connectivity index (χ3n) is 4.57. The number of thiol groups is 1. The maximum absolute atomic E-state index is 4.96. The topological polar surface area (TPSA) is 0 Å². The molecule has 0 radical (unpaired) electrons. The van der Waals surface area contributed by atoms with E-state index in [9.17, 15) is 0 Å². The Morgan fingerprint density at radius 3 is 3.00 bits per heavy atom. The normalized spacial score (nSPS) is 46.9. The Morgan fingerprint density at radius 2 is 2.27 bits per heavy atom. The summed E-state index contributed by atoms with van der Waals surface area (Å²) in [6.07, 6.45) is 6.99. The highest BCUT2D eigenvalue weighted by atomic mass is 32.2. The Bertz CT molecular complexity index is 218. The van der Waals surface area contributed by atoms with Gasteiger partial charge in [-0.05, 0) is 53.2 Å². The molecular formula is C12H23BS2. The van der Waals surface area contributed by atoms with Gasteiger partial charge in [-0.1, -0.05) is 19.8 Å². The van der Waals surface area contributed by atoms with Gasteiger partial charge < -0.3 is 0 Å². The summed E-state index contributed by atoms with van der Waals surface area (Å²) in [6, 6.07) is 0. The summed E-state index contributed by atoms with van der Waals surface area (Å²) in [5.41, 5.74) is 0. The molecule has 4 atom stereocenters. The Balaban J connectivity index is 2.16. The lowest BCUT2D eigenvalue weighted by Crippen LogP contribution is -2.43. The third kappa shape index (κ3) is 2.54. The zero-order valence-corrected chi connectivity index (χ0v) is 11.7. The van der Waals surface area contributed by atoms with E-state index in [0.29, 0.717) is 4.65 Å². The molecule has 0 amide bonds. The zero-order chi connectivity index (χ0) is 10.9. The fraction of sp³-hybridized carbons (Fsp3) is 1.00. The van der Waals surface area contributed by atoms with E-state index in [1.165, 1.54) is 43.6 Å². The lowest BCUT2D eigenvalue weighted by atomic mass is 9.59. The number of fused-ring (bicyclic) bond motifs is 1. The van der Waals surface area contributed by atoms with Crippen molar-refractivity contribution in [2.24, 2.45) is 17.8 Å². The smallest absolute Gasteiger partial charge is 0.122 e. The van der Waals surface area contributed by atoms with Crippen molar-refractivity contribution in [3.63, 3.8) is 0 Å². The second-order valence-corrected chi connectivity index (χ2v) is 7.72. The standard InChI is InChI=1S/C12H23BS2/c1-2-9-8-15-7-5-11-10(9)4-3-6-12(11,13)14/h9-11,14H,2-8,13H2,1H3. The molecule has 2 aliphatic rings. The van der Waals surface area contributed by atoms with Gasteiger partial charge in [-0.25, -0.2) is 0 Å². The van der Waals surface area contributed by atoms with Crippen LogP contribution in [0.1, 0.15) is 39.0 Å². The van der Waals surface area contributed by atoms with E-state index in [2.05, 4.69) is 26.5 Å². The van der Waals surface area contributed by atoms with Crippen molar-refractivity contribution in [2.75, 3.05) is 11.5 Å². The quantitative estimate of drug-likeness (QED) is 0.545. The van der Waals surface area contributed by atoms with E-state index in [1.54, 1.807) is 0 Å². The predicted octanol–water partition coefficient (Wildman–Crippen LogP) is 2.83. The summed E-state index contributed by atoms with van der Waals surface area (Å²) < 4.78 is 0.321. The van der Waals surface area contributed by atoms with Crippen LogP contribution in [0.15, 0.2) is 0 Å². The molecule has 3 heteroatoms. The number of rotatable bonds is 1. The molecule has 1 saturated carbocycles. The van der Waals surface area contributed by atoms with Crippen molar-refractivity contribution in [1.82, 2.24) is 0 Å². The number of hydrogen-bond acceptors (Lipinski definition) is 2. The first-order valence-corrected chi connectivity index (χ1v) is 8.05. The first-order valence-electron chi connectivity index (χ1n) is 6.45. The van der Waals surface area contributed by atoms with E-state index in [0.717, 1.165) is 17.8 Å². The van der Waals surface area contributed by atoms with Gasteiger partial charge in [0.2, 0.25) is 0 Å².